The fraction of sp³-hybridized carbons (Fsp3) is 0.167. The van der Waals surface area contributed by atoms with Crippen molar-refractivity contribution >= 4 is 35.1 Å². The topological polar surface area (TPSA) is 53.8 Å². The van der Waals surface area contributed by atoms with E-state index < -0.39 is 0 Å². The minimum atomic E-state index is -0.281. The van der Waals surface area contributed by atoms with E-state index in [-0.39, 0.29) is 17.3 Å². The molecule has 24 heavy (non-hydrogen) atoms. The Kier molecular flexibility index (Phi) is 4.54. The van der Waals surface area contributed by atoms with Crippen molar-refractivity contribution < 1.29 is 19.5 Å². The van der Waals surface area contributed by atoms with Crippen LogP contribution < -0.4 is 14.7 Å². The number of carbonyl (C=O) groups is 1. The minimum Gasteiger partial charge on any atom is -0.872 e. The number of rotatable bonds is 3. The first-order valence-electron chi connectivity index (χ1n) is 7.38. The highest BCUT2D eigenvalue weighted by Crippen LogP contribution is 2.39. The van der Waals surface area contributed by atoms with Crippen molar-refractivity contribution in [3.63, 3.8) is 0 Å². The number of ketones is 1. The lowest BCUT2D eigenvalue weighted by atomic mass is 10.0. The number of hydrogen-bond acceptors (Lipinski definition) is 3. The maximum atomic E-state index is 12.6. The molecule has 4 nitrogen and oxygen atoms in total. The maximum absolute atomic E-state index is 12.6. The summed E-state index contributed by atoms with van der Waals surface area (Å²) in [5.74, 6) is 0.0273. The summed E-state index contributed by atoms with van der Waals surface area (Å²) in [6.45, 7) is 0.468. The first-order chi connectivity index (χ1) is 11.4. The van der Waals surface area contributed by atoms with Crippen LogP contribution in [-0.2, 0) is 6.54 Å². The van der Waals surface area contributed by atoms with Gasteiger partial charge in [-0.2, -0.15) is 0 Å². The zero-order valence-corrected chi connectivity index (χ0v) is 14.7. The number of quaternary nitrogens is 1. The Balaban J connectivity index is 2.07. The van der Waals surface area contributed by atoms with Gasteiger partial charge in [0, 0.05) is 21.2 Å². The number of ether oxygens (including phenoxy) is 1. The molecule has 0 atom stereocenters. The molecule has 0 spiro atoms. The molecule has 0 bridgehead atoms. The van der Waals surface area contributed by atoms with Crippen LogP contribution in [0.4, 0.5) is 0 Å². The van der Waals surface area contributed by atoms with Crippen LogP contribution in [-0.4, -0.2) is 19.9 Å². The van der Waals surface area contributed by atoms with Crippen LogP contribution in [0.1, 0.15) is 21.5 Å². The number of halogens is 2. The average molecular weight is 364 g/mol. The smallest absolute Gasteiger partial charge is 0.231 e. The molecule has 0 radical (unpaired) electrons. The number of hydrogen-bond donors (Lipinski definition) is 1. The zero-order valence-electron chi connectivity index (χ0n) is 13.2. The highest BCUT2D eigenvalue weighted by Gasteiger charge is 2.30. The quantitative estimate of drug-likeness (QED) is 0.851. The van der Waals surface area contributed by atoms with Crippen LogP contribution >= 0.6 is 23.2 Å². The van der Waals surface area contributed by atoms with Gasteiger partial charge in [-0.1, -0.05) is 41.1 Å². The molecular formula is C18H15Cl2NO3. The monoisotopic (exact) mass is 363 g/mol. The number of allylic oxidation sites excluding steroid dienone is 1. The van der Waals surface area contributed by atoms with Gasteiger partial charge in [0.2, 0.25) is 5.78 Å². The summed E-state index contributed by atoms with van der Waals surface area (Å²) in [5, 5.41) is 13.0. The van der Waals surface area contributed by atoms with E-state index in [0.717, 1.165) is 4.90 Å². The molecule has 1 aliphatic rings. The summed E-state index contributed by atoms with van der Waals surface area (Å²) in [4.78, 5) is 13.6. The van der Waals surface area contributed by atoms with Crippen LogP contribution in [0.2, 0.25) is 10.0 Å². The van der Waals surface area contributed by atoms with Gasteiger partial charge in [-0.3, -0.25) is 4.79 Å². The van der Waals surface area contributed by atoms with E-state index in [2.05, 4.69) is 0 Å². The Hall–Kier alpha value is -2.01. The summed E-state index contributed by atoms with van der Waals surface area (Å²) in [5.41, 5.74) is 1.40. The number of carbonyl (C=O) groups excluding carboxylic acids is 1. The third-order valence-corrected chi connectivity index (χ3v) is 4.36. The van der Waals surface area contributed by atoms with Gasteiger partial charge in [-0.05, 0) is 24.3 Å². The molecule has 0 amide bonds. The van der Waals surface area contributed by atoms with E-state index >= 15 is 0 Å². The third-order valence-electron chi connectivity index (χ3n) is 3.70. The summed E-state index contributed by atoms with van der Waals surface area (Å²) in [7, 11) is 3.85. The second-order valence-corrected chi connectivity index (χ2v) is 6.69. The van der Waals surface area contributed by atoms with Crippen molar-refractivity contribution in [2.45, 2.75) is 6.54 Å². The van der Waals surface area contributed by atoms with Crippen molar-refractivity contribution in [3.05, 3.63) is 62.8 Å². The predicted octanol–water partition coefficient (Wildman–Crippen LogP) is 2.33. The Morgan fingerprint density at radius 2 is 1.83 bits per heavy atom. The molecule has 6 heteroatoms. The lowest BCUT2D eigenvalue weighted by Gasteiger charge is -2.17. The molecule has 0 unspecified atom stereocenters. The van der Waals surface area contributed by atoms with Crippen molar-refractivity contribution in [2.24, 2.45) is 0 Å². The van der Waals surface area contributed by atoms with Gasteiger partial charge in [0.1, 0.15) is 12.3 Å². The van der Waals surface area contributed by atoms with Gasteiger partial charge in [0.15, 0.2) is 5.76 Å². The number of fused-ring (bicyclic) bond motifs is 1. The minimum absolute atomic E-state index is 0.112. The standard InChI is InChI=1S/C18H15Cl2NO3/c1-21(2)9-12-15(22)7-6-10-17(23)16(24-18(10)12)8-11-13(19)4-3-5-14(11)20/h3-8,22H,9H2,1-2H3/b16-8-. The Bertz CT molecular complexity index is 839. The van der Waals surface area contributed by atoms with Gasteiger partial charge < -0.3 is 14.7 Å². The Morgan fingerprint density at radius 1 is 1.17 bits per heavy atom. The van der Waals surface area contributed by atoms with E-state index in [1.54, 1.807) is 18.2 Å². The Labute approximate surface area is 149 Å². The molecule has 3 rings (SSSR count). The van der Waals surface area contributed by atoms with Gasteiger partial charge in [0.25, 0.3) is 0 Å². The van der Waals surface area contributed by atoms with Gasteiger partial charge in [-0.15, -0.1) is 0 Å². The fourth-order valence-corrected chi connectivity index (χ4v) is 3.10. The second-order valence-electron chi connectivity index (χ2n) is 5.88. The molecule has 0 saturated carbocycles. The van der Waals surface area contributed by atoms with Crippen molar-refractivity contribution in [1.82, 2.24) is 0 Å². The Morgan fingerprint density at radius 3 is 2.46 bits per heavy atom. The van der Waals surface area contributed by atoms with Gasteiger partial charge in [-0.25, -0.2) is 0 Å². The van der Waals surface area contributed by atoms with E-state index in [1.807, 2.05) is 14.1 Å². The lowest BCUT2D eigenvalue weighted by Crippen LogP contribution is -3.04. The van der Waals surface area contributed by atoms with E-state index in [0.29, 0.717) is 39.0 Å². The van der Waals surface area contributed by atoms with Crippen LogP contribution in [0.25, 0.3) is 6.08 Å². The SMILES string of the molecule is C[NH+](C)Cc1c([O-])ccc2c1O/C(=C\c1c(Cl)cccc1Cl)C2=O. The molecule has 2 aromatic carbocycles. The third kappa shape index (κ3) is 3.00. The summed E-state index contributed by atoms with van der Waals surface area (Å²) in [6, 6.07) is 8.00. The largest absolute Gasteiger partial charge is 0.872 e. The molecule has 1 aliphatic heterocycles. The zero-order chi connectivity index (χ0) is 17.4. The average Bonchev–Trinajstić information content (AvgIpc) is 2.82. The molecule has 0 aromatic heterocycles. The van der Waals surface area contributed by atoms with Crippen LogP contribution in [0.5, 0.6) is 11.5 Å². The molecule has 0 fully saturated rings. The van der Waals surface area contributed by atoms with Crippen LogP contribution in [0, 0.1) is 0 Å². The normalized spacial score (nSPS) is 15.0. The molecule has 1 heterocycles. The molecular weight excluding hydrogens is 349 g/mol. The highest BCUT2D eigenvalue weighted by atomic mass is 35.5. The van der Waals surface area contributed by atoms with Crippen molar-refractivity contribution in [1.29, 1.82) is 0 Å². The lowest BCUT2D eigenvalue weighted by molar-refractivity contribution is -0.872. The van der Waals surface area contributed by atoms with E-state index in [9.17, 15) is 9.90 Å². The fourth-order valence-electron chi connectivity index (χ4n) is 2.59. The summed E-state index contributed by atoms with van der Waals surface area (Å²) >= 11 is 12.3. The number of nitrogens with one attached hydrogen (secondary N) is 1. The molecule has 0 saturated heterocycles. The highest BCUT2D eigenvalue weighted by molar-refractivity contribution is 6.37. The summed E-state index contributed by atoms with van der Waals surface area (Å²) in [6.07, 6.45) is 1.52. The molecule has 2 aromatic rings. The van der Waals surface area contributed by atoms with Gasteiger partial charge in [0.05, 0.1) is 19.7 Å². The molecule has 124 valence electrons. The van der Waals surface area contributed by atoms with E-state index in [4.69, 9.17) is 27.9 Å². The van der Waals surface area contributed by atoms with Crippen LogP contribution in [0.15, 0.2) is 36.1 Å². The van der Waals surface area contributed by atoms with Crippen LogP contribution in [0.3, 0.4) is 0 Å². The predicted molar refractivity (Wildman–Crippen MR) is 91.8 cm³/mol. The van der Waals surface area contributed by atoms with Gasteiger partial charge >= 0.3 is 0 Å². The number of Topliss-reactive ketones (excluding diaryl/α,β-unsaturated/α-hetero) is 1. The first kappa shape index (κ1) is 16.8. The second kappa shape index (κ2) is 6.48. The summed E-state index contributed by atoms with van der Waals surface area (Å²) < 4.78 is 5.73. The first-order valence-corrected chi connectivity index (χ1v) is 8.14. The van der Waals surface area contributed by atoms with Crippen molar-refractivity contribution in [2.75, 3.05) is 14.1 Å². The maximum Gasteiger partial charge on any atom is 0.231 e. The number of benzene rings is 2. The van der Waals surface area contributed by atoms with E-state index in [1.165, 1.54) is 18.2 Å². The van der Waals surface area contributed by atoms with Crippen molar-refractivity contribution in [3.8, 4) is 11.5 Å². The molecule has 1 N–H and O–H groups in total. The molecule has 0 aliphatic carbocycles.